The fourth-order valence-electron chi connectivity index (χ4n) is 2.08. The minimum Gasteiger partial charge on any atom is -0.378 e. The van der Waals surface area contributed by atoms with Crippen LogP contribution < -0.4 is 11.1 Å². The average molecular weight is 255 g/mol. The van der Waals surface area contributed by atoms with Crippen molar-refractivity contribution in [3.05, 3.63) is 11.6 Å². The fourth-order valence-corrected chi connectivity index (χ4v) is 2.64. The zero-order chi connectivity index (χ0) is 11.9. The fraction of sp³-hybridized carbons (Fsp3) is 0.750. The molecule has 1 aromatic heterocycles. The lowest BCUT2D eigenvalue weighted by molar-refractivity contribution is 0.0251. The first-order valence-corrected chi connectivity index (χ1v) is 7.23. The van der Waals surface area contributed by atoms with Crippen molar-refractivity contribution in [1.82, 2.24) is 4.98 Å². The summed E-state index contributed by atoms with van der Waals surface area (Å²) in [4.78, 5) is 4.16. The molecule has 2 rings (SSSR count). The number of rotatable bonds is 6. The van der Waals surface area contributed by atoms with Crippen LogP contribution in [-0.2, 0) is 4.74 Å². The second-order valence-electron chi connectivity index (χ2n) is 4.53. The van der Waals surface area contributed by atoms with Gasteiger partial charge < -0.3 is 15.8 Å². The Bertz CT molecular complexity index is 297. The minimum atomic E-state index is 0.404. The molecule has 0 saturated heterocycles. The van der Waals surface area contributed by atoms with Crippen molar-refractivity contribution in [3.63, 3.8) is 0 Å². The van der Waals surface area contributed by atoms with Crippen LogP contribution >= 0.6 is 11.3 Å². The first kappa shape index (κ1) is 12.8. The zero-order valence-electron chi connectivity index (χ0n) is 10.1. The number of thiazole rings is 1. The highest BCUT2D eigenvalue weighted by atomic mass is 32.1. The van der Waals surface area contributed by atoms with E-state index in [-0.39, 0.29) is 0 Å². The molecule has 5 heteroatoms. The summed E-state index contributed by atoms with van der Waals surface area (Å²) in [6, 6.07) is 0.404. The van der Waals surface area contributed by atoms with E-state index in [0.717, 1.165) is 50.4 Å². The molecule has 0 spiro atoms. The van der Waals surface area contributed by atoms with Gasteiger partial charge in [0.15, 0.2) is 5.13 Å². The van der Waals surface area contributed by atoms with Gasteiger partial charge in [-0.05, 0) is 32.1 Å². The Kier molecular flexibility index (Phi) is 5.22. The van der Waals surface area contributed by atoms with Crippen molar-refractivity contribution in [2.45, 2.75) is 44.2 Å². The Labute approximate surface area is 107 Å². The standard InChI is InChI=1S/C12H21N3OS/c13-10-2-4-11(5-3-10)16-8-1-6-14-12-15-7-9-17-12/h7,9-11H,1-6,8,13H2,(H,14,15). The van der Waals surface area contributed by atoms with Crippen molar-refractivity contribution in [2.75, 3.05) is 18.5 Å². The summed E-state index contributed by atoms with van der Waals surface area (Å²) in [6.45, 7) is 1.76. The largest absolute Gasteiger partial charge is 0.378 e. The predicted octanol–water partition coefficient (Wildman–Crippen LogP) is 2.23. The van der Waals surface area contributed by atoms with Crippen molar-refractivity contribution >= 4 is 16.5 Å². The van der Waals surface area contributed by atoms with Crippen LogP contribution in [0.25, 0.3) is 0 Å². The zero-order valence-corrected chi connectivity index (χ0v) is 10.9. The number of hydrogen-bond donors (Lipinski definition) is 2. The van der Waals surface area contributed by atoms with Crippen LogP contribution in [0.3, 0.4) is 0 Å². The Balaban J connectivity index is 1.49. The molecule has 17 heavy (non-hydrogen) atoms. The van der Waals surface area contributed by atoms with E-state index < -0.39 is 0 Å². The summed E-state index contributed by atoms with van der Waals surface area (Å²) >= 11 is 1.63. The van der Waals surface area contributed by atoms with E-state index in [2.05, 4.69) is 10.3 Å². The highest BCUT2D eigenvalue weighted by molar-refractivity contribution is 7.13. The van der Waals surface area contributed by atoms with Gasteiger partial charge in [-0.1, -0.05) is 0 Å². The van der Waals surface area contributed by atoms with Crippen LogP contribution in [0.4, 0.5) is 5.13 Å². The first-order chi connectivity index (χ1) is 8.34. The van der Waals surface area contributed by atoms with E-state index in [0.29, 0.717) is 12.1 Å². The number of nitrogens with zero attached hydrogens (tertiary/aromatic N) is 1. The number of nitrogens with one attached hydrogen (secondary N) is 1. The van der Waals surface area contributed by atoms with E-state index in [9.17, 15) is 0 Å². The highest BCUT2D eigenvalue weighted by Crippen LogP contribution is 2.19. The molecule has 1 aliphatic rings. The third-order valence-corrected chi connectivity index (χ3v) is 3.83. The molecular formula is C12H21N3OS. The molecule has 3 N–H and O–H groups in total. The van der Waals surface area contributed by atoms with Gasteiger partial charge >= 0.3 is 0 Å². The van der Waals surface area contributed by atoms with Crippen molar-refractivity contribution in [2.24, 2.45) is 5.73 Å². The Hall–Kier alpha value is -0.650. The predicted molar refractivity (Wildman–Crippen MR) is 71.4 cm³/mol. The summed E-state index contributed by atoms with van der Waals surface area (Å²) in [5.41, 5.74) is 5.86. The molecule has 1 fully saturated rings. The van der Waals surface area contributed by atoms with E-state index in [1.165, 1.54) is 0 Å². The molecule has 1 aliphatic carbocycles. The van der Waals surface area contributed by atoms with E-state index >= 15 is 0 Å². The third-order valence-electron chi connectivity index (χ3n) is 3.10. The first-order valence-electron chi connectivity index (χ1n) is 6.35. The van der Waals surface area contributed by atoms with Crippen LogP contribution in [0.1, 0.15) is 32.1 Å². The maximum Gasteiger partial charge on any atom is 0.182 e. The highest BCUT2D eigenvalue weighted by Gasteiger charge is 2.18. The molecule has 1 saturated carbocycles. The number of aromatic nitrogens is 1. The summed E-state index contributed by atoms with van der Waals surface area (Å²) in [5.74, 6) is 0. The number of anilines is 1. The van der Waals surface area contributed by atoms with Gasteiger partial charge in [0.2, 0.25) is 0 Å². The van der Waals surface area contributed by atoms with Gasteiger partial charge in [-0.3, -0.25) is 0 Å². The number of hydrogen-bond acceptors (Lipinski definition) is 5. The van der Waals surface area contributed by atoms with Crippen LogP contribution in [0.5, 0.6) is 0 Å². The Morgan fingerprint density at radius 3 is 2.94 bits per heavy atom. The van der Waals surface area contributed by atoms with Gasteiger partial charge in [-0.15, -0.1) is 11.3 Å². The van der Waals surface area contributed by atoms with Crippen LogP contribution in [0, 0.1) is 0 Å². The summed E-state index contributed by atoms with van der Waals surface area (Å²) < 4.78 is 5.84. The molecule has 0 atom stereocenters. The molecule has 0 radical (unpaired) electrons. The van der Waals surface area contributed by atoms with Crippen molar-refractivity contribution in [1.29, 1.82) is 0 Å². The Morgan fingerprint density at radius 2 is 2.24 bits per heavy atom. The lowest BCUT2D eigenvalue weighted by Crippen LogP contribution is -2.30. The van der Waals surface area contributed by atoms with E-state index in [1.54, 1.807) is 11.3 Å². The van der Waals surface area contributed by atoms with Crippen LogP contribution in [0.2, 0.25) is 0 Å². The molecule has 4 nitrogen and oxygen atoms in total. The van der Waals surface area contributed by atoms with Crippen molar-refractivity contribution in [3.8, 4) is 0 Å². The van der Waals surface area contributed by atoms with Gasteiger partial charge in [0.25, 0.3) is 0 Å². The SMILES string of the molecule is NC1CCC(OCCCNc2nccs2)CC1. The molecular weight excluding hydrogens is 234 g/mol. The lowest BCUT2D eigenvalue weighted by atomic mass is 9.94. The topological polar surface area (TPSA) is 60.2 Å². The quantitative estimate of drug-likeness (QED) is 0.765. The summed E-state index contributed by atoms with van der Waals surface area (Å²) in [5, 5.41) is 6.25. The lowest BCUT2D eigenvalue weighted by Gasteiger charge is -2.26. The van der Waals surface area contributed by atoms with Gasteiger partial charge in [0.1, 0.15) is 0 Å². The second-order valence-corrected chi connectivity index (χ2v) is 5.42. The second kappa shape index (κ2) is 6.93. The molecule has 1 heterocycles. The smallest absolute Gasteiger partial charge is 0.182 e. The van der Waals surface area contributed by atoms with Crippen LogP contribution in [0.15, 0.2) is 11.6 Å². The molecule has 0 aliphatic heterocycles. The monoisotopic (exact) mass is 255 g/mol. The minimum absolute atomic E-state index is 0.404. The third kappa shape index (κ3) is 4.61. The van der Waals surface area contributed by atoms with E-state index in [1.807, 2.05) is 11.6 Å². The maximum atomic E-state index is 5.86. The van der Waals surface area contributed by atoms with Crippen LogP contribution in [-0.4, -0.2) is 30.3 Å². The van der Waals surface area contributed by atoms with Gasteiger partial charge in [0.05, 0.1) is 6.10 Å². The maximum absolute atomic E-state index is 5.86. The Morgan fingerprint density at radius 1 is 1.41 bits per heavy atom. The van der Waals surface area contributed by atoms with Crippen molar-refractivity contribution < 1.29 is 4.74 Å². The summed E-state index contributed by atoms with van der Waals surface area (Å²) in [7, 11) is 0. The molecule has 0 amide bonds. The van der Waals surface area contributed by atoms with E-state index in [4.69, 9.17) is 10.5 Å². The molecule has 0 aromatic carbocycles. The normalized spacial score (nSPS) is 24.8. The molecule has 1 aromatic rings. The average Bonchev–Trinajstić information content (AvgIpc) is 2.84. The molecule has 0 unspecified atom stereocenters. The van der Waals surface area contributed by atoms with Gasteiger partial charge in [-0.25, -0.2) is 4.98 Å². The number of nitrogens with two attached hydrogens (primary N) is 1. The van der Waals surface area contributed by atoms with Gasteiger partial charge in [0, 0.05) is 30.8 Å². The molecule has 96 valence electrons. The van der Waals surface area contributed by atoms with Gasteiger partial charge in [-0.2, -0.15) is 0 Å². The number of ether oxygens (including phenoxy) is 1. The summed E-state index contributed by atoms with van der Waals surface area (Å²) in [6.07, 6.45) is 7.76. The molecule has 0 bridgehead atoms.